The highest BCUT2D eigenvalue weighted by atomic mass is 32.1. The van der Waals surface area contributed by atoms with Gasteiger partial charge >= 0.3 is 0 Å². The minimum atomic E-state index is -0.346. The van der Waals surface area contributed by atoms with Crippen molar-refractivity contribution in [2.45, 2.75) is 20.8 Å². The van der Waals surface area contributed by atoms with Crippen molar-refractivity contribution in [2.75, 3.05) is 31.1 Å². The first-order chi connectivity index (χ1) is 11.4. The molecule has 0 radical (unpaired) electrons. The number of carbonyl (C=O) groups excluding carboxylic acids is 1. The average Bonchev–Trinajstić information content (AvgIpc) is 3.03. The molecule has 24 heavy (non-hydrogen) atoms. The fourth-order valence-electron chi connectivity index (χ4n) is 2.77. The number of piperazine rings is 1. The topological polar surface area (TPSA) is 36.4 Å². The van der Waals surface area contributed by atoms with E-state index in [4.69, 9.17) is 0 Å². The van der Waals surface area contributed by atoms with E-state index in [9.17, 15) is 9.18 Å². The van der Waals surface area contributed by atoms with Crippen molar-refractivity contribution >= 4 is 22.4 Å². The SMILES string of the molecule is CC(C)(C)C(=O)N1CCN(c2ncc(-c3ccccc3F)s2)CC1. The third-order valence-corrected chi connectivity index (χ3v) is 5.20. The lowest BCUT2D eigenvalue weighted by Gasteiger charge is -2.37. The first-order valence-corrected chi connectivity index (χ1v) is 8.93. The van der Waals surface area contributed by atoms with Crippen LogP contribution in [0.25, 0.3) is 10.4 Å². The normalized spacial score (nSPS) is 15.7. The van der Waals surface area contributed by atoms with Gasteiger partial charge in [0, 0.05) is 43.4 Å². The maximum absolute atomic E-state index is 13.9. The molecule has 1 aliphatic heterocycles. The number of aromatic nitrogens is 1. The Morgan fingerprint density at radius 3 is 2.46 bits per heavy atom. The molecule has 0 unspecified atom stereocenters. The number of amides is 1. The lowest BCUT2D eigenvalue weighted by atomic mass is 9.94. The number of rotatable bonds is 2. The number of thiazole rings is 1. The molecule has 4 nitrogen and oxygen atoms in total. The second-order valence-corrected chi connectivity index (χ2v) is 8.03. The molecule has 3 rings (SSSR count). The summed E-state index contributed by atoms with van der Waals surface area (Å²) in [4.78, 5) is 21.7. The second kappa shape index (κ2) is 6.51. The number of hydrogen-bond acceptors (Lipinski definition) is 4. The van der Waals surface area contributed by atoms with Crippen LogP contribution in [0.5, 0.6) is 0 Å². The number of halogens is 1. The van der Waals surface area contributed by atoms with Crippen molar-refractivity contribution in [1.29, 1.82) is 0 Å². The molecule has 1 aliphatic rings. The van der Waals surface area contributed by atoms with E-state index in [0.717, 1.165) is 23.1 Å². The van der Waals surface area contributed by atoms with Gasteiger partial charge in [-0.15, -0.1) is 0 Å². The van der Waals surface area contributed by atoms with E-state index in [1.54, 1.807) is 18.3 Å². The van der Waals surface area contributed by atoms with Gasteiger partial charge in [0.15, 0.2) is 5.13 Å². The van der Waals surface area contributed by atoms with Crippen LogP contribution in [0, 0.1) is 11.2 Å². The van der Waals surface area contributed by atoms with Crippen LogP contribution < -0.4 is 4.90 Å². The van der Waals surface area contributed by atoms with E-state index in [2.05, 4.69) is 9.88 Å². The second-order valence-electron chi connectivity index (χ2n) is 7.02. The van der Waals surface area contributed by atoms with Crippen molar-refractivity contribution in [3.8, 4) is 10.4 Å². The number of nitrogens with zero attached hydrogens (tertiary/aromatic N) is 3. The molecule has 0 N–H and O–H groups in total. The Morgan fingerprint density at radius 2 is 1.83 bits per heavy atom. The van der Waals surface area contributed by atoms with Gasteiger partial charge in [-0.05, 0) is 6.07 Å². The van der Waals surface area contributed by atoms with E-state index in [1.807, 2.05) is 31.7 Å². The molecular weight excluding hydrogens is 325 g/mol. The zero-order chi connectivity index (χ0) is 17.3. The van der Waals surface area contributed by atoms with Crippen LogP contribution in [-0.4, -0.2) is 42.0 Å². The summed E-state index contributed by atoms with van der Waals surface area (Å²) >= 11 is 1.49. The Hall–Kier alpha value is -1.95. The average molecular weight is 347 g/mol. The van der Waals surface area contributed by atoms with Gasteiger partial charge in [0.25, 0.3) is 0 Å². The van der Waals surface area contributed by atoms with Gasteiger partial charge in [0.1, 0.15) is 5.82 Å². The Labute approximate surface area is 145 Å². The van der Waals surface area contributed by atoms with Crippen molar-refractivity contribution in [1.82, 2.24) is 9.88 Å². The molecule has 1 fully saturated rings. The molecule has 0 bridgehead atoms. The maximum atomic E-state index is 13.9. The van der Waals surface area contributed by atoms with Crippen molar-refractivity contribution in [3.05, 3.63) is 36.3 Å². The Morgan fingerprint density at radius 1 is 1.17 bits per heavy atom. The van der Waals surface area contributed by atoms with E-state index < -0.39 is 0 Å². The molecule has 0 saturated carbocycles. The molecule has 2 heterocycles. The molecule has 0 spiro atoms. The third kappa shape index (κ3) is 3.43. The predicted octanol–water partition coefficient (Wildman–Crippen LogP) is 3.64. The van der Waals surface area contributed by atoms with Gasteiger partial charge < -0.3 is 9.80 Å². The molecule has 1 saturated heterocycles. The molecule has 1 aromatic heterocycles. The summed E-state index contributed by atoms with van der Waals surface area (Å²) in [5.41, 5.74) is 0.240. The van der Waals surface area contributed by atoms with Crippen LogP contribution in [0.15, 0.2) is 30.5 Å². The highest BCUT2D eigenvalue weighted by Crippen LogP contribution is 2.33. The number of benzene rings is 1. The van der Waals surface area contributed by atoms with Crippen molar-refractivity contribution in [2.24, 2.45) is 5.41 Å². The zero-order valence-corrected chi connectivity index (χ0v) is 15.1. The van der Waals surface area contributed by atoms with Gasteiger partial charge in [0.05, 0.1) is 4.88 Å². The number of carbonyl (C=O) groups is 1. The van der Waals surface area contributed by atoms with Gasteiger partial charge in [-0.2, -0.15) is 0 Å². The summed E-state index contributed by atoms with van der Waals surface area (Å²) in [6, 6.07) is 6.75. The monoisotopic (exact) mass is 347 g/mol. The van der Waals surface area contributed by atoms with Crippen LogP contribution in [-0.2, 0) is 4.79 Å². The van der Waals surface area contributed by atoms with Crippen LogP contribution in [0.2, 0.25) is 0 Å². The number of anilines is 1. The minimum Gasteiger partial charge on any atom is -0.345 e. The lowest BCUT2D eigenvalue weighted by Crippen LogP contribution is -2.51. The highest BCUT2D eigenvalue weighted by molar-refractivity contribution is 7.18. The smallest absolute Gasteiger partial charge is 0.228 e. The number of hydrogen-bond donors (Lipinski definition) is 0. The van der Waals surface area contributed by atoms with E-state index in [1.165, 1.54) is 17.4 Å². The summed E-state index contributed by atoms with van der Waals surface area (Å²) < 4.78 is 13.9. The van der Waals surface area contributed by atoms with Gasteiger partial charge in [0.2, 0.25) is 5.91 Å². The van der Waals surface area contributed by atoms with Crippen LogP contribution in [0.1, 0.15) is 20.8 Å². The molecule has 1 aromatic carbocycles. The lowest BCUT2D eigenvalue weighted by molar-refractivity contribution is -0.139. The van der Waals surface area contributed by atoms with Crippen molar-refractivity contribution < 1.29 is 9.18 Å². The Kier molecular flexibility index (Phi) is 4.58. The Balaban J connectivity index is 1.68. The minimum absolute atomic E-state index is 0.188. The van der Waals surface area contributed by atoms with Gasteiger partial charge in [-0.1, -0.05) is 50.3 Å². The maximum Gasteiger partial charge on any atom is 0.228 e. The van der Waals surface area contributed by atoms with Crippen LogP contribution >= 0.6 is 11.3 Å². The van der Waals surface area contributed by atoms with Gasteiger partial charge in [-0.3, -0.25) is 4.79 Å². The summed E-state index contributed by atoms with van der Waals surface area (Å²) in [6.07, 6.45) is 1.73. The molecule has 0 atom stereocenters. The van der Waals surface area contributed by atoms with Gasteiger partial charge in [-0.25, -0.2) is 9.37 Å². The quantitative estimate of drug-likeness (QED) is 0.832. The first-order valence-electron chi connectivity index (χ1n) is 8.11. The summed E-state index contributed by atoms with van der Waals surface area (Å²) in [6.45, 7) is 8.75. The largest absolute Gasteiger partial charge is 0.345 e. The fourth-order valence-corrected chi connectivity index (χ4v) is 3.77. The van der Waals surface area contributed by atoms with E-state index >= 15 is 0 Å². The summed E-state index contributed by atoms with van der Waals surface area (Å²) in [5, 5.41) is 0.885. The zero-order valence-electron chi connectivity index (χ0n) is 14.3. The highest BCUT2D eigenvalue weighted by Gasteiger charge is 2.30. The Bertz CT molecular complexity index is 730. The van der Waals surface area contributed by atoms with Crippen LogP contribution in [0.3, 0.4) is 0 Å². The molecule has 2 aromatic rings. The summed E-state index contributed by atoms with van der Waals surface area (Å²) in [5.74, 6) is -0.0402. The first kappa shape index (κ1) is 16.9. The fraction of sp³-hybridized carbons (Fsp3) is 0.444. The van der Waals surface area contributed by atoms with Crippen LogP contribution in [0.4, 0.5) is 9.52 Å². The molecule has 6 heteroatoms. The molecule has 0 aliphatic carbocycles. The standard InChI is InChI=1S/C18H22FN3OS/c1-18(2,3)16(23)21-8-10-22(11-9-21)17-20-12-15(24-17)13-6-4-5-7-14(13)19/h4-7,12H,8-11H2,1-3H3. The summed E-state index contributed by atoms with van der Waals surface area (Å²) in [7, 11) is 0. The molecular formula is C18H22FN3OS. The predicted molar refractivity (Wildman–Crippen MR) is 95.8 cm³/mol. The van der Waals surface area contributed by atoms with Crippen molar-refractivity contribution in [3.63, 3.8) is 0 Å². The van der Waals surface area contributed by atoms with E-state index in [0.29, 0.717) is 18.7 Å². The van der Waals surface area contributed by atoms with E-state index in [-0.39, 0.29) is 17.1 Å². The third-order valence-electron chi connectivity index (χ3n) is 4.11. The molecule has 1 amide bonds. The molecule has 128 valence electrons.